The summed E-state index contributed by atoms with van der Waals surface area (Å²) in [5.74, 6) is -3.78. The third-order valence-corrected chi connectivity index (χ3v) is 5.95. The van der Waals surface area contributed by atoms with Gasteiger partial charge in [0.05, 0.1) is 7.11 Å². The van der Waals surface area contributed by atoms with Crippen LogP contribution < -0.4 is 10.1 Å². The lowest BCUT2D eigenvalue weighted by molar-refractivity contribution is -0.134. The van der Waals surface area contributed by atoms with Gasteiger partial charge in [-0.1, -0.05) is 0 Å². The van der Waals surface area contributed by atoms with Crippen LogP contribution in [0.5, 0.6) is 5.75 Å². The van der Waals surface area contributed by atoms with Crippen molar-refractivity contribution in [1.82, 2.24) is 10.2 Å². The molecule has 210 valence electrons. The van der Waals surface area contributed by atoms with E-state index in [1.54, 1.807) is 13.2 Å². The molecular weight excluding hydrogens is 510 g/mol. The largest absolute Gasteiger partial charge is 0.496 e. The molecule has 0 aromatic heterocycles. The second-order valence-corrected chi connectivity index (χ2v) is 8.39. The fourth-order valence-electron chi connectivity index (χ4n) is 4.27. The summed E-state index contributed by atoms with van der Waals surface area (Å²) in [5.41, 5.74) is 2.00. The van der Waals surface area contributed by atoms with E-state index in [9.17, 15) is 28.0 Å². The standard InChI is InChI=1S/C17H24F2N2O.2C4H4O4/c1-21-8-7-20-10-15(21)11-3-4-12-13(17(18)19)5-6-16(22-2)14(12)9-11;2*5-3(6)1-2-4(7)8/h5-6,11,15,17,20H,3-4,7-10H2,1-2H3;2*1-2H,(H,5,6)(H,7,8). The molecule has 38 heavy (non-hydrogen) atoms. The number of alkyl halides is 2. The first kappa shape index (κ1) is 32.2. The predicted molar refractivity (Wildman–Crippen MR) is 132 cm³/mol. The van der Waals surface area contributed by atoms with Crippen LogP contribution in [0.25, 0.3) is 0 Å². The Morgan fingerprint density at radius 1 is 0.974 bits per heavy atom. The summed E-state index contributed by atoms with van der Waals surface area (Å²) in [6.07, 6.45) is 2.35. The Hall–Kier alpha value is -3.84. The van der Waals surface area contributed by atoms with Gasteiger partial charge >= 0.3 is 23.9 Å². The number of piperazine rings is 1. The fourth-order valence-corrected chi connectivity index (χ4v) is 4.27. The first-order chi connectivity index (χ1) is 17.9. The van der Waals surface area contributed by atoms with Crippen LogP contribution in [0.15, 0.2) is 36.4 Å². The predicted octanol–water partition coefficient (Wildman–Crippen LogP) is 2.06. The van der Waals surface area contributed by atoms with Crippen molar-refractivity contribution in [3.05, 3.63) is 53.1 Å². The highest BCUT2D eigenvalue weighted by molar-refractivity contribution is 5.90. The van der Waals surface area contributed by atoms with E-state index in [1.165, 1.54) is 6.07 Å². The highest BCUT2D eigenvalue weighted by atomic mass is 19.3. The van der Waals surface area contributed by atoms with Gasteiger partial charge < -0.3 is 35.4 Å². The third kappa shape index (κ3) is 11.0. The Morgan fingerprint density at radius 3 is 1.92 bits per heavy atom. The van der Waals surface area contributed by atoms with Gasteiger partial charge in [0.15, 0.2) is 0 Å². The van der Waals surface area contributed by atoms with Crippen molar-refractivity contribution in [2.24, 2.45) is 5.92 Å². The van der Waals surface area contributed by atoms with Gasteiger partial charge in [-0.05, 0) is 55.5 Å². The summed E-state index contributed by atoms with van der Waals surface area (Å²) in [4.78, 5) is 40.6. The second kappa shape index (κ2) is 16.1. The Morgan fingerprint density at radius 2 is 1.50 bits per heavy atom. The van der Waals surface area contributed by atoms with E-state index in [-0.39, 0.29) is 5.56 Å². The zero-order valence-electron chi connectivity index (χ0n) is 21.0. The number of hydrogen-bond acceptors (Lipinski definition) is 7. The molecule has 13 heteroatoms. The summed E-state index contributed by atoms with van der Waals surface area (Å²) in [7, 11) is 3.78. The van der Waals surface area contributed by atoms with Crippen LogP contribution in [-0.2, 0) is 32.0 Å². The van der Waals surface area contributed by atoms with Crippen LogP contribution in [0.3, 0.4) is 0 Å². The van der Waals surface area contributed by atoms with Gasteiger partial charge in [-0.2, -0.15) is 0 Å². The number of benzene rings is 1. The lowest BCUT2D eigenvalue weighted by Crippen LogP contribution is -2.53. The molecule has 11 nitrogen and oxygen atoms in total. The molecule has 0 saturated carbocycles. The van der Waals surface area contributed by atoms with E-state index >= 15 is 0 Å². The quantitative estimate of drug-likeness (QED) is 0.319. The van der Waals surface area contributed by atoms with Crippen LogP contribution >= 0.6 is 0 Å². The molecule has 0 spiro atoms. The number of hydrogen-bond donors (Lipinski definition) is 5. The number of carbonyl (C=O) groups is 4. The minimum Gasteiger partial charge on any atom is -0.496 e. The Balaban J connectivity index is 0.000000374. The van der Waals surface area contributed by atoms with E-state index < -0.39 is 30.3 Å². The van der Waals surface area contributed by atoms with Gasteiger partial charge in [-0.15, -0.1) is 0 Å². The molecular formula is C25H32F2N2O9. The molecule has 0 radical (unpaired) electrons. The zero-order valence-corrected chi connectivity index (χ0v) is 21.0. The summed E-state index contributed by atoms with van der Waals surface area (Å²) < 4.78 is 31.9. The lowest BCUT2D eigenvalue weighted by atomic mass is 9.77. The normalized spacial score (nSPS) is 19.1. The van der Waals surface area contributed by atoms with Crippen LogP contribution in [0.1, 0.15) is 29.5 Å². The summed E-state index contributed by atoms with van der Waals surface area (Å²) in [5, 5.41) is 34.7. The number of nitrogens with zero attached hydrogens (tertiary/aromatic N) is 1. The molecule has 1 heterocycles. The van der Waals surface area contributed by atoms with E-state index in [4.69, 9.17) is 25.2 Å². The van der Waals surface area contributed by atoms with E-state index in [1.807, 2.05) is 0 Å². The van der Waals surface area contributed by atoms with Crippen molar-refractivity contribution < 1.29 is 53.1 Å². The number of likely N-dealkylation sites (N-methyl/N-ethyl adjacent to an activating group) is 1. The summed E-state index contributed by atoms with van der Waals surface area (Å²) in [6.45, 7) is 3.05. The number of nitrogens with one attached hydrogen (secondary N) is 1. The average molecular weight is 543 g/mol. The molecule has 1 aliphatic heterocycles. The van der Waals surface area contributed by atoms with Crippen molar-refractivity contribution in [3.8, 4) is 5.75 Å². The maximum atomic E-state index is 13.2. The average Bonchev–Trinajstić information content (AvgIpc) is 2.86. The first-order valence-electron chi connectivity index (χ1n) is 11.5. The van der Waals surface area contributed by atoms with Crippen molar-refractivity contribution in [2.75, 3.05) is 33.8 Å². The van der Waals surface area contributed by atoms with Gasteiger partial charge in [0.1, 0.15) is 5.75 Å². The molecule has 1 aromatic carbocycles. The van der Waals surface area contributed by atoms with Crippen LogP contribution in [-0.4, -0.2) is 89.0 Å². The van der Waals surface area contributed by atoms with Gasteiger partial charge in [0.25, 0.3) is 6.43 Å². The number of aliphatic carboxylic acids is 4. The van der Waals surface area contributed by atoms with Crippen molar-refractivity contribution in [3.63, 3.8) is 0 Å². The number of halogens is 2. The minimum absolute atomic E-state index is 0.185. The molecule has 2 aliphatic rings. The number of carboxylic acids is 4. The Bertz CT molecular complexity index is 978. The molecule has 3 rings (SSSR count). The molecule has 1 aromatic rings. The highest BCUT2D eigenvalue weighted by Crippen LogP contribution is 2.39. The monoisotopic (exact) mass is 542 g/mol. The van der Waals surface area contributed by atoms with Gasteiger partial charge in [-0.25, -0.2) is 28.0 Å². The minimum atomic E-state index is -2.41. The highest BCUT2D eigenvalue weighted by Gasteiger charge is 2.33. The number of carboxylic acid groups (broad SMARTS) is 4. The topological polar surface area (TPSA) is 174 Å². The van der Waals surface area contributed by atoms with E-state index in [0.29, 0.717) is 36.3 Å². The summed E-state index contributed by atoms with van der Waals surface area (Å²) in [6, 6.07) is 3.70. The molecule has 1 saturated heterocycles. The second-order valence-electron chi connectivity index (χ2n) is 8.39. The molecule has 2 unspecified atom stereocenters. The fraction of sp³-hybridized carbons (Fsp3) is 0.440. The third-order valence-electron chi connectivity index (χ3n) is 5.95. The molecule has 1 fully saturated rings. The smallest absolute Gasteiger partial charge is 0.328 e. The summed E-state index contributed by atoms with van der Waals surface area (Å²) >= 11 is 0. The SMILES string of the molecule is COc1ccc(C(F)F)c2c1CC(C1CNCCN1C)CC2.O=C(O)C=CC(=O)O.O=C(O)C=CC(=O)O. The molecule has 2 atom stereocenters. The van der Waals surface area contributed by atoms with Gasteiger partial charge in [0.2, 0.25) is 0 Å². The lowest BCUT2D eigenvalue weighted by Gasteiger charge is -2.41. The molecule has 1 aliphatic carbocycles. The van der Waals surface area contributed by atoms with Crippen LogP contribution in [0.2, 0.25) is 0 Å². The van der Waals surface area contributed by atoms with Crippen molar-refractivity contribution >= 4 is 23.9 Å². The number of ether oxygens (including phenoxy) is 1. The van der Waals surface area contributed by atoms with Crippen LogP contribution in [0.4, 0.5) is 8.78 Å². The first-order valence-corrected chi connectivity index (χ1v) is 11.5. The van der Waals surface area contributed by atoms with E-state index in [0.717, 1.165) is 55.8 Å². The maximum Gasteiger partial charge on any atom is 0.328 e. The maximum absolute atomic E-state index is 13.2. The van der Waals surface area contributed by atoms with Gasteiger partial charge in [-0.3, -0.25) is 0 Å². The Labute approximate surface area is 218 Å². The van der Waals surface area contributed by atoms with Crippen LogP contribution in [0, 0.1) is 5.92 Å². The van der Waals surface area contributed by atoms with Crippen molar-refractivity contribution in [1.29, 1.82) is 0 Å². The van der Waals surface area contributed by atoms with Crippen molar-refractivity contribution in [2.45, 2.75) is 31.7 Å². The molecule has 0 amide bonds. The molecule has 0 bridgehead atoms. The zero-order chi connectivity index (χ0) is 28.8. The number of fused-ring (bicyclic) bond motifs is 1. The van der Waals surface area contributed by atoms with Gasteiger partial charge in [0, 0.05) is 55.5 Å². The molecule has 5 N–H and O–H groups in total. The number of methoxy groups -OCH3 is 1. The van der Waals surface area contributed by atoms with E-state index in [2.05, 4.69) is 17.3 Å². The number of rotatable bonds is 7. The Kier molecular flexibility index (Phi) is 13.6.